The van der Waals surface area contributed by atoms with Gasteiger partial charge in [-0.05, 0) is 80.4 Å². The van der Waals surface area contributed by atoms with Crippen molar-refractivity contribution in [2.75, 3.05) is 33.3 Å². The van der Waals surface area contributed by atoms with Crippen LogP contribution >= 0.6 is 22.9 Å². The first kappa shape index (κ1) is 37.4. The number of rotatable bonds is 11. The number of carboxylic acids is 1. The molecule has 0 aliphatic carbocycles. The van der Waals surface area contributed by atoms with E-state index >= 15 is 0 Å². The summed E-state index contributed by atoms with van der Waals surface area (Å²) in [4.78, 5) is 40.6. The minimum absolute atomic E-state index is 0.0415. The zero-order chi connectivity index (χ0) is 35.0. The molecular formula is C34H42ClF3N4O5S. The lowest BCUT2D eigenvalue weighted by Gasteiger charge is -2.23. The van der Waals surface area contributed by atoms with Gasteiger partial charge in [0.2, 0.25) is 5.91 Å². The summed E-state index contributed by atoms with van der Waals surface area (Å²) < 4.78 is 38.8. The van der Waals surface area contributed by atoms with E-state index in [4.69, 9.17) is 26.2 Å². The molecule has 2 saturated heterocycles. The summed E-state index contributed by atoms with van der Waals surface area (Å²) in [6.07, 6.45) is -1.25. The largest absolute Gasteiger partial charge is 0.490 e. The molecule has 3 atom stereocenters. The Balaban J connectivity index is 0.000000671. The monoisotopic (exact) mass is 710 g/mol. The molecule has 2 aliphatic rings. The van der Waals surface area contributed by atoms with E-state index in [1.165, 1.54) is 17.8 Å². The topological polar surface area (TPSA) is 111 Å². The van der Waals surface area contributed by atoms with Gasteiger partial charge in [0.05, 0.1) is 9.90 Å². The van der Waals surface area contributed by atoms with Crippen LogP contribution < -0.4 is 15.4 Å². The van der Waals surface area contributed by atoms with E-state index in [1.807, 2.05) is 42.5 Å². The van der Waals surface area contributed by atoms with E-state index in [-0.39, 0.29) is 23.8 Å². The highest BCUT2D eigenvalue weighted by Gasteiger charge is 2.38. The number of aliphatic carboxylic acids is 1. The number of nitrogens with zero attached hydrogens (tertiary/aromatic N) is 2. The molecule has 0 spiro atoms. The Morgan fingerprint density at radius 3 is 2.46 bits per heavy atom. The predicted molar refractivity (Wildman–Crippen MR) is 181 cm³/mol. The van der Waals surface area contributed by atoms with Gasteiger partial charge in [-0.25, -0.2) is 4.79 Å². The number of benzene rings is 2. The van der Waals surface area contributed by atoms with Gasteiger partial charge in [0.1, 0.15) is 18.4 Å². The van der Waals surface area contributed by atoms with Gasteiger partial charge >= 0.3 is 12.1 Å². The summed E-state index contributed by atoms with van der Waals surface area (Å²) >= 11 is 8.02. The molecule has 1 aromatic heterocycles. The first-order chi connectivity index (χ1) is 22.7. The van der Waals surface area contributed by atoms with Gasteiger partial charge in [0.15, 0.2) is 0 Å². The first-order valence-electron chi connectivity index (χ1n) is 15.9. The number of nitrogens with one attached hydrogen (secondary N) is 2. The Labute approximate surface area is 287 Å². The summed E-state index contributed by atoms with van der Waals surface area (Å²) in [6.45, 7) is 8.32. The number of carbonyl (C=O) groups is 3. The third-order valence-corrected chi connectivity index (χ3v) is 9.75. The van der Waals surface area contributed by atoms with Crippen LogP contribution in [0.15, 0.2) is 48.5 Å². The molecule has 262 valence electrons. The van der Waals surface area contributed by atoms with Crippen LogP contribution in [0.5, 0.6) is 5.75 Å². The van der Waals surface area contributed by atoms with Gasteiger partial charge in [-0.15, -0.1) is 11.3 Å². The molecule has 2 aliphatic heterocycles. The second-order valence-corrected chi connectivity index (χ2v) is 14.2. The molecule has 14 heteroatoms. The second kappa shape index (κ2) is 16.8. The summed E-state index contributed by atoms with van der Waals surface area (Å²) in [5, 5.41) is 15.0. The van der Waals surface area contributed by atoms with E-state index in [2.05, 4.69) is 47.4 Å². The highest BCUT2D eigenvalue weighted by molar-refractivity contribution is 7.20. The number of hydrogen-bond acceptors (Lipinski definition) is 7. The van der Waals surface area contributed by atoms with Gasteiger partial charge in [0.25, 0.3) is 5.91 Å². The fourth-order valence-electron chi connectivity index (χ4n) is 5.82. The molecule has 0 saturated carbocycles. The van der Waals surface area contributed by atoms with Gasteiger partial charge in [-0.2, -0.15) is 13.2 Å². The molecule has 0 bridgehead atoms. The van der Waals surface area contributed by atoms with E-state index in [0.29, 0.717) is 29.0 Å². The first-order valence-corrected chi connectivity index (χ1v) is 17.1. The number of fused-ring (bicyclic) bond motifs is 1. The van der Waals surface area contributed by atoms with Crippen LogP contribution in [0.25, 0.3) is 10.1 Å². The molecule has 2 amide bonds. The van der Waals surface area contributed by atoms with Crippen molar-refractivity contribution in [3.63, 3.8) is 0 Å². The zero-order valence-corrected chi connectivity index (χ0v) is 28.8. The van der Waals surface area contributed by atoms with Crippen molar-refractivity contribution in [1.82, 2.24) is 20.4 Å². The van der Waals surface area contributed by atoms with E-state index in [9.17, 15) is 22.8 Å². The van der Waals surface area contributed by atoms with Crippen LogP contribution in [0.2, 0.25) is 5.02 Å². The van der Waals surface area contributed by atoms with Gasteiger partial charge in [-0.1, -0.05) is 49.7 Å². The van der Waals surface area contributed by atoms with Gasteiger partial charge in [-0.3, -0.25) is 14.5 Å². The summed E-state index contributed by atoms with van der Waals surface area (Å²) in [5.74, 6) is -2.06. The van der Waals surface area contributed by atoms with Crippen LogP contribution in [0.4, 0.5) is 13.2 Å². The number of halogens is 4. The van der Waals surface area contributed by atoms with Crippen molar-refractivity contribution in [2.24, 2.45) is 5.92 Å². The fraction of sp³-hybridized carbons (Fsp3) is 0.500. The maximum atomic E-state index is 13.3. The Hall–Kier alpha value is -3.39. The minimum Gasteiger partial charge on any atom is -0.490 e. The Morgan fingerprint density at radius 2 is 1.83 bits per heavy atom. The number of carboxylic acid groups (broad SMARTS) is 1. The molecule has 0 radical (unpaired) electrons. The maximum Gasteiger partial charge on any atom is 0.490 e. The number of alkyl halides is 3. The molecule has 0 unspecified atom stereocenters. The number of amides is 2. The summed E-state index contributed by atoms with van der Waals surface area (Å²) in [6, 6.07) is 15.8. The number of likely N-dealkylation sites (tertiary alicyclic amines) is 2. The second-order valence-electron chi connectivity index (χ2n) is 12.7. The molecule has 2 fully saturated rings. The quantitative estimate of drug-likeness (QED) is 0.218. The standard InChI is InChI=1S/C32H41ClN4O3S.C2HF3O2/c1-21(2)15-27(35-32(39)30-17-23-7-4-5-9-29(23)41-30)31(38)34-24-12-14-37(19-24)18-22-10-11-28(26(33)16-22)40-20-25-8-6-13-36(25)3;3-2(4,5)1(6)7/h4-5,7,9-11,16-17,21,24-25,27H,6,8,12-15,18-20H2,1-3H3,(H,34,38)(H,35,39);(H,6,7)/t24-,25-,27-;/m0./s1. The molecule has 3 aromatic rings. The van der Waals surface area contributed by atoms with Crippen molar-refractivity contribution in [1.29, 1.82) is 0 Å². The van der Waals surface area contributed by atoms with Crippen molar-refractivity contribution in [3.05, 3.63) is 64.0 Å². The van der Waals surface area contributed by atoms with Crippen LogP contribution in [0.1, 0.15) is 54.8 Å². The smallest absolute Gasteiger partial charge is 0.490 e. The SMILES string of the molecule is CC(C)C[C@H](NC(=O)c1cc2ccccc2s1)C(=O)N[C@H]1CCN(Cc2ccc(OC[C@@H]3CCCN3C)c(Cl)c2)C1.O=C(O)C(F)(F)F. The van der Waals surface area contributed by atoms with Crippen LogP contribution in [-0.2, 0) is 16.1 Å². The maximum absolute atomic E-state index is 13.3. The van der Waals surface area contributed by atoms with E-state index in [1.54, 1.807) is 0 Å². The van der Waals surface area contributed by atoms with Crippen molar-refractivity contribution in [2.45, 2.75) is 70.4 Å². The summed E-state index contributed by atoms with van der Waals surface area (Å²) in [7, 11) is 2.14. The number of thiophene rings is 1. The molecule has 3 heterocycles. The minimum atomic E-state index is -5.08. The highest BCUT2D eigenvalue weighted by Crippen LogP contribution is 2.28. The lowest BCUT2D eigenvalue weighted by Crippen LogP contribution is -2.50. The van der Waals surface area contributed by atoms with E-state index in [0.717, 1.165) is 60.4 Å². The van der Waals surface area contributed by atoms with Crippen LogP contribution in [0, 0.1) is 5.92 Å². The molecule has 3 N–H and O–H groups in total. The molecular weight excluding hydrogens is 669 g/mol. The number of ether oxygens (including phenoxy) is 1. The lowest BCUT2D eigenvalue weighted by molar-refractivity contribution is -0.192. The van der Waals surface area contributed by atoms with E-state index < -0.39 is 18.2 Å². The lowest BCUT2D eigenvalue weighted by atomic mass is 10.0. The molecule has 9 nitrogen and oxygen atoms in total. The highest BCUT2D eigenvalue weighted by atomic mass is 35.5. The fourth-order valence-corrected chi connectivity index (χ4v) is 7.04. The van der Waals surface area contributed by atoms with Gasteiger partial charge < -0.3 is 25.4 Å². The Bertz CT molecular complexity index is 1540. The van der Waals surface area contributed by atoms with Crippen LogP contribution in [-0.4, -0.2) is 90.3 Å². The number of hydrogen-bond donors (Lipinski definition) is 3. The molecule has 5 rings (SSSR count). The molecule has 48 heavy (non-hydrogen) atoms. The summed E-state index contributed by atoms with van der Waals surface area (Å²) in [5.41, 5.74) is 1.13. The van der Waals surface area contributed by atoms with Crippen molar-refractivity contribution < 1.29 is 37.4 Å². The van der Waals surface area contributed by atoms with Crippen molar-refractivity contribution >= 4 is 50.8 Å². The number of likely N-dealkylation sites (N-methyl/N-ethyl adjacent to an activating group) is 1. The zero-order valence-electron chi connectivity index (χ0n) is 27.2. The average molecular weight is 711 g/mol. The van der Waals surface area contributed by atoms with Gasteiger partial charge in [0, 0.05) is 36.4 Å². The van der Waals surface area contributed by atoms with Crippen molar-refractivity contribution in [3.8, 4) is 5.75 Å². The van der Waals surface area contributed by atoms with Crippen LogP contribution in [0.3, 0.4) is 0 Å². The number of carbonyl (C=O) groups excluding carboxylic acids is 2. The Morgan fingerprint density at radius 1 is 1.10 bits per heavy atom. The molecule has 2 aromatic carbocycles. The Kier molecular flexibility index (Phi) is 13.1. The third-order valence-electron chi connectivity index (χ3n) is 8.34. The predicted octanol–water partition coefficient (Wildman–Crippen LogP) is 6.20. The normalized spacial score (nSPS) is 19.2. The average Bonchev–Trinajstić information content (AvgIpc) is 3.76. The third kappa shape index (κ3) is 10.8.